The average molecular weight is 414 g/mol. The molecule has 0 aromatic heterocycles. The first-order valence-corrected chi connectivity index (χ1v) is 9.79. The van der Waals surface area contributed by atoms with Gasteiger partial charge in [0.15, 0.2) is 0 Å². The molecule has 1 fully saturated rings. The molecule has 0 saturated carbocycles. The molecule has 1 aliphatic heterocycles. The molecule has 2 aromatic carbocycles. The molecule has 0 atom stereocenters. The van der Waals surface area contributed by atoms with Gasteiger partial charge in [0, 0.05) is 30.9 Å². The molecule has 3 rings (SSSR count). The summed E-state index contributed by atoms with van der Waals surface area (Å²) in [4.78, 5) is 12.3. The lowest BCUT2D eigenvalue weighted by atomic mass is 10.2. The topological polar surface area (TPSA) is 78.5 Å². The zero-order valence-corrected chi connectivity index (χ0v) is 16.2. The van der Waals surface area contributed by atoms with E-state index < -0.39 is 15.8 Å². The molecule has 0 bridgehead atoms. The van der Waals surface area contributed by atoms with Crippen molar-refractivity contribution >= 4 is 34.0 Å². The molecule has 146 valence electrons. The monoisotopic (exact) mass is 413 g/mol. The lowest BCUT2D eigenvalue weighted by Crippen LogP contribution is -2.34. The maximum Gasteiger partial charge on any atom is 0.255 e. The first kappa shape index (κ1) is 21.3. The van der Waals surface area contributed by atoms with Gasteiger partial charge in [0.25, 0.3) is 5.91 Å². The number of nitrogens with zero attached hydrogens (tertiary/aromatic N) is 1. The smallest absolute Gasteiger partial charge is 0.255 e. The van der Waals surface area contributed by atoms with Crippen LogP contribution in [0.5, 0.6) is 0 Å². The van der Waals surface area contributed by atoms with E-state index in [1.807, 2.05) is 0 Å². The molecular formula is C18H21ClFN3O3S. The summed E-state index contributed by atoms with van der Waals surface area (Å²) in [6.07, 6.45) is 0.769. The quantitative estimate of drug-likeness (QED) is 0.807. The molecule has 1 amide bonds. The highest BCUT2D eigenvalue weighted by Gasteiger charge is 2.24. The molecule has 9 heteroatoms. The SMILES string of the molecule is Cl.O=C(Nc1ccc(S(=O)(=O)N2CCCNCC2)cc1)c1ccc(F)cc1. The van der Waals surface area contributed by atoms with Gasteiger partial charge in [-0.05, 0) is 61.5 Å². The fourth-order valence-electron chi connectivity index (χ4n) is 2.73. The third-order valence-electron chi connectivity index (χ3n) is 4.16. The van der Waals surface area contributed by atoms with Crippen LogP contribution in [-0.4, -0.2) is 44.8 Å². The van der Waals surface area contributed by atoms with Crippen LogP contribution in [-0.2, 0) is 10.0 Å². The fourth-order valence-corrected chi connectivity index (χ4v) is 4.20. The fraction of sp³-hybridized carbons (Fsp3) is 0.278. The largest absolute Gasteiger partial charge is 0.322 e. The molecule has 0 aliphatic carbocycles. The number of rotatable bonds is 4. The lowest BCUT2D eigenvalue weighted by molar-refractivity contribution is 0.102. The average Bonchev–Trinajstić information content (AvgIpc) is 2.93. The van der Waals surface area contributed by atoms with E-state index in [0.29, 0.717) is 30.9 Å². The van der Waals surface area contributed by atoms with Gasteiger partial charge in [0.2, 0.25) is 10.0 Å². The van der Waals surface area contributed by atoms with Gasteiger partial charge in [0.05, 0.1) is 4.90 Å². The molecular weight excluding hydrogens is 393 g/mol. The number of hydrogen-bond donors (Lipinski definition) is 2. The summed E-state index contributed by atoms with van der Waals surface area (Å²) >= 11 is 0. The van der Waals surface area contributed by atoms with Crippen molar-refractivity contribution in [2.75, 3.05) is 31.5 Å². The highest BCUT2D eigenvalue weighted by atomic mass is 35.5. The molecule has 2 N–H and O–H groups in total. The molecule has 1 saturated heterocycles. The van der Waals surface area contributed by atoms with Gasteiger partial charge >= 0.3 is 0 Å². The molecule has 2 aromatic rings. The summed E-state index contributed by atoms with van der Waals surface area (Å²) in [6.45, 7) is 2.36. The van der Waals surface area contributed by atoms with Crippen molar-refractivity contribution in [1.29, 1.82) is 0 Å². The zero-order chi connectivity index (χ0) is 18.6. The Kier molecular flexibility index (Phi) is 7.32. The molecule has 6 nitrogen and oxygen atoms in total. The standard InChI is InChI=1S/C18H20FN3O3S.ClH/c19-15-4-2-14(3-5-15)18(23)21-16-6-8-17(9-7-16)26(24,25)22-12-1-10-20-11-13-22;/h2-9,20H,1,10-13H2,(H,21,23);1H. The van der Waals surface area contributed by atoms with Crippen LogP contribution in [0.4, 0.5) is 10.1 Å². The number of benzene rings is 2. The number of hydrogen-bond acceptors (Lipinski definition) is 4. The number of amides is 1. The van der Waals surface area contributed by atoms with Crippen molar-refractivity contribution in [3.8, 4) is 0 Å². The van der Waals surface area contributed by atoms with E-state index in [-0.39, 0.29) is 23.2 Å². The predicted molar refractivity (Wildman–Crippen MR) is 104 cm³/mol. The predicted octanol–water partition coefficient (Wildman–Crippen LogP) is 2.48. The van der Waals surface area contributed by atoms with Crippen molar-refractivity contribution < 1.29 is 17.6 Å². The van der Waals surface area contributed by atoms with Gasteiger partial charge in [-0.25, -0.2) is 12.8 Å². The summed E-state index contributed by atoms with van der Waals surface area (Å²) in [5.41, 5.74) is 0.788. The van der Waals surface area contributed by atoms with E-state index in [4.69, 9.17) is 0 Å². The highest BCUT2D eigenvalue weighted by Crippen LogP contribution is 2.19. The summed E-state index contributed by atoms with van der Waals surface area (Å²) in [7, 11) is -3.55. The number of carbonyl (C=O) groups is 1. The van der Waals surface area contributed by atoms with E-state index in [1.54, 1.807) is 12.1 Å². The van der Waals surface area contributed by atoms with Crippen LogP contribution < -0.4 is 10.6 Å². The summed E-state index contributed by atoms with van der Waals surface area (Å²) in [6, 6.07) is 11.2. The normalized spacial score (nSPS) is 15.4. The minimum atomic E-state index is -3.55. The van der Waals surface area contributed by atoms with E-state index in [9.17, 15) is 17.6 Å². The number of carbonyl (C=O) groups excluding carboxylic acids is 1. The van der Waals surface area contributed by atoms with E-state index >= 15 is 0 Å². The maximum atomic E-state index is 12.9. The summed E-state index contributed by atoms with van der Waals surface area (Å²) < 4.78 is 39.8. The Balaban J connectivity index is 0.00000261. The number of anilines is 1. The van der Waals surface area contributed by atoms with Crippen molar-refractivity contribution in [3.05, 3.63) is 59.9 Å². The Bertz CT molecular complexity index is 866. The molecule has 0 radical (unpaired) electrons. The molecule has 1 aliphatic rings. The second-order valence-corrected chi connectivity index (χ2v) is 7.93. The minimum Gasteiger partial charge on any atom is -0.322 e. The third-order valence-corrected chi connectivity index (χ3v) is 6.07. The van der Waals surface area contributed by atoms with Gasteiger partial charge in [-0.3, -0.25) is 4.79 Å². The zero-order valence-electron chi connectivity index (χ0n) is 14.5. The molecule has 1 heterocycles. The van der Waals surface area contributed by atoms with Gasteiger partial charge in [0.1, 0.15) is 5.82 Å². The van der Waals surface area contributed by atoms with Crippen molar-refractivity contribution in [2.24, 2.45) is 0 Å². The number of sulfonamides is 1. The van der Waals surface area contributed by atoms with Crippen LogP contribution in [0.25, 0.3) is 0 Å². The van der Waals surface area contributed by atoms with Crippen LogP contribution in [0.15, 0.2) is 53.4 Å². The van der Waals surface area contributed by atoms with Gasteiger partial charge < -0.3 is 10.6 Å². The van der Waals surface area contributed by atoms with Gasteiger partial charge in [-0.1, -0.05) is 0 Å². The summed E-state index contributed by atoms with van der Waals surface area (Å²) in [5, 5.41) is 5.84. The Morgan fingerprint density at radius 3 is 2.33 bits per heavy atom. The third kappa shape index (κ3) is 5.26. The molecule has 0 spiro atoms. The van der Waals surface area contributed by atoms with Crippen LogP contribution >= 0.6 is 12.4 Å². The van der Waals surface area contributed by atoms with Crippen LogP contribution in [0, 0.1) is 5.82 Å². The first-order chi connectivity index (χ1) is 12.5. The van der Waals surface area contributed by atoms with E-state index in [0.717, 1.165) is 13.0 Å². The maximum absolute atomic E-state index is 12.9. The Morgan fingerprint density at radius 1 is 1.00 bits per heavy atom. The van der Waals surface area contributed by atoms with Gasteiger partial charge in [-0.15, -0.1) is 12.4 Å². The van der Waals surface area contributed by atoms with Crippen molar-refractivity contribution in [1.82, 2.24) is 9.62 Å². The van der Waals surface area contributed by atoms with E-state index in [1.165, 1.54) is 40.7 Å². The second-order valence-electron chi connectivity index (χ2n) is 5.99. The minimum absolute atomic E-state index is 0. The lowest BCUT2D eigenvalue weighted by Gasteiger charge is -2.19. The number of nitrogens with one attached hydrogen (secondary N) is 2. The number of halogens is 2. The molecule has 0 unspecified atom stereocenters. The second kappa shape index (κ2) is 9.27. The van der Waals surface area contributed by atoms with E-state index in [2.05, 4.69) is 10.6 Å². The van der Waals surface area contributed by atoms with Crippen molar-refractivity contribution in [2.45, 2.75) is 11.3 Å². The molecule has 27 heavy (non-hydrogen) atoms. The van der Waals surface area contributed by atoms with Crippen LogP contribution in [0.1, 0.15) is 16.8 Å². The summed E-state index contributed by atoms with van der Waals surface area (Å²) in [5.74, 6) is -0.806. The van der Waals surface area contributed by atoms with Crippen LogP contribution in [0.3, 0.4) is 0 Å². The highest BCUT2D eigenvalue weighted by molar-refractivity contribution is 7.89. The van der Waals surface area contributed by atoms with Crippen molar-refractivity contribution in [3.63, 3.8) is 0 Å². The van der Waals surface area contributed by atoms with Crippen LogP contribution in [0.2, 0.25) is 0 Å². The first-order valence-electron chi connectivity index (χ1n) is 8.35. The Hall–Kier alpha value is -2.00. The van der Waals surface area contributed by atoms with Gasteiger partial charge in [-0.2, -0.15) is 4.31 Å². The Morgan fingerprint density at radius 2 is 1.67 bits per heavy atom. The Labute approximate surface area is 164 Å².